The Hall–Kier alpha value is -2.78. The van der Waals surface area contributed by atoms with Gasteiger partial charge in [-0.25, -0.2) is 8.42 Å². The summed E-state index contributed by atoms with van der Waals surface area (Å²) in [4.78, 5) is 12.6. The highest BCUT2D eigenvalue weighted by Gasteiger charge is 2.30. The van der Waals surface area contributed by atoms with Crippen LogP contribution in [0, 0.1) is 6.92 Å². The summed E-state index contributed by atoms with van der Waals surface area (Å²) in [6, 6.07) is 8.55. The highest BCUT2D eigenvalue weighted by molar-refractivity contribution is 7.89. The van der Waals surface area contributed by atoms with Crippen LogP contribution in [0.1, 0.15) is 28.8 Å². The van der Waals surface area contributed by atoms with Gasteiger partial charge < -0.3 is 20.6 Å². The first-order chi connectivity index (χ1) is 13.2. The summed E-state index contributed by atoms with van der Waals surface area (Å²) in [6.45, 7) is 2.43. The minimum atomic E-state index is -3.57. The number of hydrogen-bond acceptors (Lipinski definition) is 6. The Morgan fingerprint density at radius 1 is 1.04 bits per heavy atom. The van der Waals surface area contributed by atoms with E-state index in [0.717, 1.165) is 17.7 Å². The first kappa shape index (κ1) is 20.0. The topological polar surface area (TPSA) is 127 Å². The molecule has 8 nitrogen and oxygen atoms in total. The normalized spacial score (nSPS) is 16.0. The van der Waals surface area contributed by atoms with Crippen LogP contribution in [0.25, 0.3) is 0 Å². The molecule has 0 atom stereocenters. The summed E-state index contributed by atoms with van der Waals surface area (Å²) in [6.07, 6.45) is 0.875. The third-order valence-electron chi connectivity index (χ3n) is 4.78. The molecular formula is C19H22N2O6S. The molecule has 0 bridgehead atoms. The Kier molecular flexibility index (Phi) is 5.48. The summed E-state index contributed by atoms with van der Waals surface area (Å²) in [5.74, 6) is -2.40. The predicted octanol–water partition coefficient (Wildman–Crippen LogP) is 1.69. The summed E-state index contributed by atoms with van der Waals surface area (Å²) in [5, 5.41) is 31.2. The lowest BCUT2D eigenvalue weighted by atomic mass is 10.1. The van der Waals surface area contributed by atoms with Crippen LogP contribution in [-0.4, -0.2) is 53.1 Å². The number of carbonyl (C=O) groups is 1. The molecule has 3 rings (SSSR count). The van der Waals surface area contributed by atoms with Crippen molar-refractivity contribution < 1.29 is 28.5 Å². The van der Waals surface area contributed by atoms with Gasteiger partial charge in [0.1, 0.15) is 0 Å². The van der Waals surface area contributed by atoms with Gasteiger partial charge in [0.05, 0.1) is 4.90 Å². The van der Waals surface area contributed by atoms with E-state index in [0.29, 0.717) is 12.8 Å². The Balaban J connectivity index is 1.62. The predicted molar refractivity (Wildman–Crippen MR) is 102 cm³/mol. The molecule has 1 aliphatic rings. The number of phenols is 3. The van der Waals surface area contributed by atoms with Crippen molar-refractivity contribution in [3.05, 3.63) is 47.5 Å². The molecule has 0 unspecified atom stereocenters. The summed E-state index contributed by atoms with van der Waals surface area (Å²) < 4.78 is 26.8. The zero-order valence-electron chi connectivity index (χ0n) is 15.3. The van der Waals surface area contributed by atoms with Crippen LogP contribution in [0.5, 0.6) is 17.2 Å². The van der Waals surface area contributed by atoms with Crippen molar-refractivity contribution in [2.24, 2.45) is 0 Å². The first-order valence-corrected chi connectivity index (χ1v) is 10.2. The van der Waals surface area contributed by atoms with Crippen LogP contribution in [-0.2, 0) is 10.0 Å². The standard InChI is InChI=1S/C19H22N2O6S/c1-12-2-4-15(5-3-12)28(26,27)21-8-6-14(7-9-21)20-19(25)13-10-16(22)18(24)17(23)11-13/h2-5,10-11,14,22-24H,6-9H2,1H3,(H,20,25). The molecule has 150 valence electrons. The van der Waals surface area contributed by atoms with Gasteiger partial charge in [0, 0.05) is 24.7 Å². The Labute approximate surface area is 163 Å². The molecule has 1 amide bonds. The second-order valence-electron chi connectivity index (χ2n) is 6.83. The monoisotopic (exact) mass is 406 g/mol. The van der Waals surface area contributed by atoms with Crippen LogP contribution >= 0.6 is 0 Å². The molecule has 2 aromatic carbocycles. The van der Waals surface area contributed by atoms with Gasteiger partial charge in [0.25, 0.3) is 5.91 Å². The maximum Gasteiger partial charge on any atom is 0.251 e. The number of nitrogens with zero attached hydrogens (tertiary/aromatic N) is 1. The van der Waals surface area contributed by atoms with Gasteiger partial charge in [-0.2, -0.15) is 4.31 Å². The third-order valence-corrected chi connectivity index (χ3v) is 6.69. The van der Waals surface area contributed by atoms with E-state index in [4.69, 9.17) is 0 Å². The summed E-state index contributed by atoms with van der Waals surface area (Å²) in [5.41, 5.74) is 0.981. The highest BCUT2D eigenvalue weighted by Crippen LogP contribution is 2.35. The summed E-state index contributed by atoms with van der Waals surface area (Å²) in [7, 11) is -3.57. The van der Waals surface area contributed by atoms with Crippen LogP contribution < -0.4 is 5.32 Å². The number of aromatic hydroxyl groups is 3. The zero-order valence-corrected chi connectivity index (χ0v) is 16.1. The average Bonchev–Trinajstić information content (AvgIpc) is 2.66. The van der Waals surface area contributed by atoms with E-state index in [2.05, 4.69) is 5.32 Å². The van der Waals surface area contributed by atoms with Gasteiger partial charge in [-0.05, 0) is 44.0 Å². The van der Waals surface area contributed by atoms with Gasteiger partial charge in [-0.1, -0.05) is 17.7 Å². The number of amides is 1. The van der Waals surface area contributed by atoms with Crippen molar-refractivity contribution in [2.45, 2.75) is 30.7 Å². The minimum absolute atomic E-state index is 0.00232. The van der Waals surface area contributed by atoms with Crippen molar-refractivity contribution in [1.29, 1.82) is 0 Å². The van der Waals surface area contributed by atoms with E-state index in [9.17, 15) is 28.5 Å². The van der Waals surface area contributed by atoms with E-state index in [1.54, 1.807) is 24.3 Å². The number of carbonyl (C=O) groups excluding carboxylic acids is 1. The first-order valence-electron chi connectivity index (χ1n) is 8.81. The molecule has 0 spiro atoms. The fourth-order valence-corrected chi connectivity index (χ4v) is 4.57. The molecule has 0 aromatic heterocycles. The smallest absolute Gasteiger partial charge is 0.251 e. The Morgan fingerprint density at radius 2 is 1.57 bits per heavy atom. The minimum Gasteiger partial charge on any atom is -0.504 e. The fourth-order valence-electron chi connectivity index (χ4n) is 3.10. The maximum absolute atomic E-state index is 12.7. The lowest BCUT2D eigenvalue weighted by Gasteiger charge is -2.31. The molecule has 1 aliphatic heterocycles. The van der Waals surface area contributed by atoms with Gasteiger partial charge in [0.15, 0.2) is 17.2 Å². The maximum atomic E-state index is 12.7. The highest BCUT2D eigenvalue weighted by atomic mass is 32.2. The molecule has 28 heavy (non-hydrogen) atoms. The molecule has 4 N–H and O–H groups in total. The van der Waals surface area contributed by atoms with Crippen molar-refractivity contribution in [2.75, 3.05) is 13.1 Å². The molecular weight excluding hydrogens is 384 g/mol. The van der Waals surface area contributed by atoms with Crippen molar-refractivity contribution in [3.8, 4) is 17.2 Å². The van der Waals surface area contributed by atoms with Crippen LogP contribution in [0.4, 0.5) is 0 Å². The molecule has 1 saturated heterocycles. The molecule has 0 saturated carbocycles. The molecule has 9 heteroatoms. The molecule has 1 fully saturated rings. The van der Waals surface area contributed by atoms with E-state index in [1.807, 2.05) is 6.92 Å². The van der Waals surface area contributed by atoms with Gasteiger partial charge in [0.2, 0.25) is 10.0 Å². The Morgan fingerprint density at radius 3 is 2.11 bits per heavy atom. The molecule has 0 aliphatic carbocycles. The fraction of sp³-hybridized carbons (Fsp3) is 0.316. The van der Waals surface area contributed by atoms with Crippen LogP contribution in [0.2, 0.25) is 0 Å². The van der Waals surface area contributed by atoms with Crippen molar-refractivity contribution >= 4 is 15.9 Å². The SMILES string of the molecule is Cc1ccc(S(=O)(=O)N2CCC(NC(=O)c3cc(O)c(O)c(O)c3)CC2)cc1. The number of hydrogen-bond donors (Lipinski definition) is 4. The largest absolute Gasteiger partial charge is 0.504 e. The number of rotatable bonds is 4. The quantitative estimate of drug-likeness (QED) is 0.572. The van der Waals surface area contributed by atoms with Crippen molar-refractivity contribution in [3.63, 3.8) is 0 Å². The number of benzene rings is 2. The second-order valence-corrected chi connectivity index (χ2v) is 8.77. The number of piperidine rings is 1. The van der Waals surface area contributed by atoms with E-state index >= 15 is 0 Å². The van der Waals surface area contributed by atoms with Crippen LogP contribution in [0.3, 0.4) is 0 Å². The lowest BCUT2D eigenvalue weighted by Crippen LogP contribution is -2.46. The molecule has 0 radical (unpaired) electrons. The number of nitrogens with one attached hydrogen (secondary N) is 1. The average molecular weight is 406 g/mol. The van der Waals surface area contributed by atoms with Crippen molar-refractivity contribution in [1.82, 2.24) is 9.62 Å². The van der Waals surface area contributed by atoms with Gasteiger partial charge in [-0.3, -0.25) is 4.79 Å². The summed E-state index contributed by atoms with van der Waals surface area (Å²) >= 11 is 0. The van der Waals surface area contributed by atoms with Gasteiger partial charge >= 0.3 is 0 Å². The second kappa shape index (κ2) is 7.69. The lowest BCUT2D eigenvalue weighted by molar-refractivity contribution is 0.0923. The van der Waals surface area contributed by atoms with Gasteiger partial charge in [-0.15, -0.1) is 0 Å². The zero-order chi connectivity index (χ0) is 20.5. The number of aryl methyl sites for hydroxylation is 1. The van der Waals surface area contributed by atoms with E-state index in [-0.39, 0.29) is 29.6 Å². The van der Waals surface area contributed by atoms with E-state index < -0.39 is 33.2 Å². The van der Waals surface area contributed by atoms with Crippen LogP contribution in [0.15, 0.2) is 41.3 Å². The third kappa shape index (κ3) is 4.05. The molecule has 1 heterocycles. The molecule has 2 aromatic rings. The number of sulfonamides is 1. The Bertz CT molecular complexity index is 957. The number of phenolic OH excluding ortho intramolecular Hbond substituents is 3. The van der Waals surface area contributed by atoms with E-state index in [1.165, 1.54) is 4.31 Å².